The van der Waals surface area contributed by atoms with Gasteiger partial charge in [-0.3, -0.25) is 14.8 Å². The van der Waals surface area contributed by atoms with Crippen LogP contribution in [0.15, 0.2) is 23.3 Å². The van der Waals surface area contributed by atoms with Gasteiger partial charge in [-0.1, -0.05) is 17.7 Å². The normalized spacial score (nSPS) is 15.8. The van der Waals surface area contributed by atoms with Crippen molar-refractivity contribution < 1.29 is 14.8 Å². The zero-order chi connectivity index (χ0) is 9.84. The molecule has 0 bridgehead atoms. The molecule has 4 nitrogen and oxygen atoms in total. The maximum Gasteiger partial charge on any atom is 0.284 e. The number of nitrogens with zero attached hydrogens (tertiary/aromatic N) is 1. The Morgan fingerprint density at radius 1 is 1.69 bits per heavy atom. The zero-order valence-electron chi connectivity index (χ0n) is 7.36. The van der Waals surface area contributed by atoms with Crippen molar-refractivity contribution >= 4 is 12.3 Å². The van der Waals surface area contributed by atoms with Crippen molar-refractivity contribution in [2.45, 2.75) is 19.8 Å². The predicted molar refractivity (Wildman–Crippen MR) is 45.8 cm³/mol. The summed E-state index contributed by atoms with van der Waals surface area (Å²) in [6.07, 6.45) is 5.26. The lowest BCUT2D eigenvalue weighted by atomic mass is 9.98. The van der Waals surface area contributed by atoms with Gasteiger partial charge in [0.05, 0.1) is 0 Å². The minimum atomic E-state index is -0.663. The van der Waals surface area contributed by atoms with Crippen LogP contribution in [0.2, 0.25) is 0 Å². The smallest absolute Gasteiger partial charge is 0.278 e. The molecule has 0 aromatic rings. The fraction of sp³-hybridized carbons (Fsp3) is 0.333. The van der Waals surface area contributed by atoms with E-state index in [1.807, 2.05) is 13.0 Å². The van der Waals surface area contributed by atoms with Gasteiger partial charge in [0, 0.05) is 5.57 Å². The number of amides is 2. The van der Waals surface area contributed by atoms with Gasteiger partial charge in [-0.15, -0.1) is 0 Å². The maximum atomic E-state index is 11.3. The highest BCUT2D eigenvalue weighted by Crippen LogP contribution is 2.19. The van der Waals surface area contributed by atoms with E-state index in [1.165, 1.54) is 0 Å². The van der Waals surface area contributed by atoms with E-state index in [4.69, 9.17) is 5.21 Å². The predicted octanol–water partition coefficient (Wildman–Crippen LogP) is 1.03. The van der Waals surface area contributed by atoms with Crippen LogP contribution < -0.4 is 0 Å². The summed E-state index contributed by atoms with van der Waals surface area (Å²) < 4.78 is 0. The minimum Gasteiger partial charge on any atom is -0.278 e. The van der Waals surface area contributed by atoms with Gasteiger partial charge >= 0.3 is 0 Å². The molecular weight excluding hydrogens is 170 g/mol. The number of hydrogen-bond donors (Lipinski definition) is 1. The highest BCUT2D eigenvalue weighted by Gasteiger charge is 2.17. The van der Waals surface area contributed by atoms with E-state index < -0.39 is 5.91 Å². The van der Waals surface area contributed by atoms with E-state index in [0.717, 1.165) is 18.4 Å². The van der Waals surface area contributed by atoms with Gasteiger partial charge in [0.15, 0.2) is 0 Å². The fourth-order valence-corrected chi connectivity index (χ4v) is 1.20. The van der Waals surface area contributed by atoms with Crippen LogP contribution in [0.25, 0.3) is 0 Å². The van der Waals surface area contributed by atoms with Crippen molar-refractivity contribution in [3.8, 4) is 0 Å². The molecule has 0 radical (unpaired) electrons. The molecule has 0 atom stereocenters. The Morgan fingerprint density at radius 2 is 2.38 bits per heavy atom. The lowest BCUT2D eigenvalue weighted by molar-refractivity contribution is -0.166. The van der Waals surface area contributed by atoms with Crippen LogP contribution in [0.5, 0.6) is 0 Å². The number of allylic oxidation sites excluding steroid dienone is 2. The Balaban J connectivity index is 2.87. The van der Waals surface area contributed by atoms with Gasteiger partial charge in [0.2, 0.25) is 6.41 Å². The topological polar surface area (TPSA) is 57.6 Å². The third-order valence-electron chi connectivity index (χ3n) is 1.97. The summed E-state index contributed by atoms with van der Waals surface area (Å²) in [4.78, 5) is 21.4. The highest BCUT2D eigenvalue weighted by atomic mass is 16.5. The van der Waals surface area contributed by atoms with E-state index in [2.05, 4.69) is 0 Å². The molecule has 0 saturated heterocycles. The van der Waals surface area contributed by atoms with Crippen molar-refractivity contribution in [3.05, 3.63) is 23.3 Å². The summed E-state index contributed by atoms with van der Waals surface area (Å²) in [6.45, 7) is 1.81. The van der Waals surface area contributed by atoms with E-state index in [9.17, 15) is 9.59 Å². The molecule has 0 aliphatic heterocycles. The summed E-state index contributed by atoms with van der Waals surface area (Å²) in [5.74, 6) is -0.663. The van der Waals surface area contributed by atoms with Crippen LogP contribution >= 0.6 is 0 Å². The van der Waals surface area contributed by atoms with Gasteiger partial charge in [0.1, 0.15) is 0 Å². The molecule has 1 rings (SSSR count). The van der Waals surface area contributed by atoms with Crippen molar-refractivity contribution in [2.24, 2.45) is 0 Å². The van der Waals surface area contributed by atoms with Gasteiger partial charge < -0.3 is 0 Å². The second-order valence-corrected chi connectivity index (χ2v) is 2.89. The van der Waals surface area contributed by atoms with Crippen LogP contribution in [0.4, 0.5) is 0 Å². The van der Waals surface area contributed by atoms with Crippen molar-refractivity contribution in [2.75, 3.05) is 0 Å². The van der Waals surface area contributed by atoms with Gasteiger partial charge in [-0.25, -0.2) is 0 Å². The molecule has 2 amide bonds. The average Bonchev–Trinajstić information content (AvgIpc) is 2.16. The maximum absolute atomic E-state index is 11.3. The molecule has 13 heavy (non-hydrogen) atoms. The molecule has 0 heterocycles. The summed E-state index contributed by atoms with van der Waals surface area (Å²) in [5.41, 5.74) is 1.30. The van der Waals surface area contributed by atoms with E-state index in [1.54, 1.807) is 6.08 Å². The number of hydrogen-bond acceptors (Lipinski definition) is 3. The summed E-state index contributed by atoms with van der Waals surface area (Å²) in [5, 5.41) is 8.91. The van der Waals surface area contributed by atoms with Crippen molar-refractivity contribution in [1.82, 2.24) is 5.06 Å². The SMILES string of the molecule is CC1=C(C(=O)N(O)C=O)C=CCC1. The summed E-state index contributed by atoms with van der Waals surface area (Å²) in [7, 11) is 0. The molecule has 0 saturated carbocycles. The first-order chi connectivity index (χ1) is 6.16. The monoisotopic (exact) mass is 181 g/mol. The molecule has 0 fully saturated rings. The molecule has 0 unspecified atom stereocenters. The van der Waals surface area contributed by atoms with Crippen LogP contribution in [0.1, 0.15) is 19.8 Å². The third kappa shape index (κ3) is 2.03. The molecule has 0 spiro atoms. The van der Waals surface area contributed by atoms with Crippen LogP contribution in [0.3, 0.4) is 0 Å². The number of hydroxylamine groups is 2. The first-order valence-corrected chi connectivity index (χ1v) is 4.01. The van der Waals surface area contributed by atoms with Gasteiger partial charge in [-0.05, 0) is 19.8 Å². The molecule has 4 heteroatoms. The molecule has 0 aromatic carbocycles. The van der Waals surface area contributed by atoms with E-state index in [-0.39, 0.29) is 11.5 Å². The number of rotatable bonds is 2. The van der Waals surface area contributed by atoms with E-state index >= 15 is 0 Å². The highest BCUT2D eigenvalue weighted by molar-refractivity contribution is 6.01. The van der Waals surface area contributed by atoms with Crippen molar-refractivity contribution in [1.29, 1.82) is 0 Å². The van der Waals surface area contributed by atoms with Crippen molar-refractivity contribution in [3.63, 3.8) is 0 Å². The van der Waals surface area contributed by atoms with Crippen LogP contribution in [-0.2, 0) is 9.59 Å². The van der Waals surface area contributed by atoms with E-state index in [0.29, 0.717) is 5.57 Å². The Kier molecular flexibility index (Phi) is 2.97. The fourth-order valence-electron chi connectivity index (χ4n) is 1.20. The molecule has 0 aromatic heterocycles. The number of carbonyl (C=O) groups excluding carboxylic acids is 2. The lowest BCUT2D eigenvalue weighted by Crippen LogP contribution is -2.27. The summed E-state index contributed by atoms with van der Waals surface area (Å²) in [6, 6.07) is 0. The van der Waals surface area contributed by atoms with Crippen LogP contribution in [-0.4, -0.2) is 22.6 Å². The second-order valence-electron chi connectivity index (χ2n) is 2.89. The molecule has 1 N–H and O–H groups in total. The number of carbonyl (C=O) groups is 2. The van der Waals surface area contributed by atoms with Gasteiger partial charge in [-0.2, -0.15) is 5.06 Å². The lowest BCUT2D eigenvalue weighted by Gasteiger charge is -2.13. The zero-order valence-corrected chi connectivity index (χ0v) is 7.36. The van der Waals surface area contributed by atoms with Gasteiger partial charge in [0.25, 0.3) is 5.91 Å². The Morgan fingerprint density at radius 3 is 2.92 bits per heavy atom. The second kappa shape index (κ2) is 4.00. The first-order valence-electron chi connectivity index (χ1n) is 4.01. The first kappa shape index (κ1) is 9.67. The molecule has 1 aliphatic carbocycles. The Bertz CT molecular complexity index is 291. The van der Waals surface area contributed by atoms with Crippen LogP contribution in [0, 0.1) is 0 Å². The molecular formula is C9H11NO3. The third-order valence-corrected chi connectivity index (χ3v) is 1.97. The minimum absolute atomic E-state index is 0.0640. The Labute approximate surface area is 76.1 Å². The summed E-state index contributed by atoms with van der Waals surface area (Å²) >= 11 is 0. The quantitative estimate of drug-likeness (QED) is 0.393. The molecule has 70 valence electrons. The molecule has 1 aliphatic rings. The standard InChI is InChI=1S/C9H11NO3/c1-7-4-2-3-5-8(7)9(12)10(13)6-11/h3,5-6,13H,2,4H2,1H3. The largest absolute Gasteiger partial charge is 0.284 e. The Hall–Kier alpha value is -1.42. The average molecular weight is 181 g/mol. The number of imide groups is 1.